The fraction of sp³-hybridized carbons (Fsp3) is 0.773. The number of carbonyl (C=O) groups is 2. The summed E-state index contributed by atoms with van der Waals surface area (Å²) >= 11 is 0. The molecule has 0 aliphatic rings. The second-order valence-electron chi connectivity index (χ2n) is 13.7. The van der Waals surface area contributed by atoms with Crippen LogP contribution in [0.3, 0.4) is 0 Å². The molecule has 0 aliphatic carbocycles. The Morgan fingerprint density at radius 2 is 0.878 bits per heavy atom. The van der Waals surface area contributed by atoms with Gasteiger partial charge in [-0.25, -0.2) is 0 Å². The summed E-state index contributed by atoms with van der Waals surface area (Å²) < 4.78 is 10.6. The molecular formula is C44H78O5. The molecule has 0 saturated carbocycles. The predicted molar refractivity (Wildman–Crippen MR) is 210 cm³/mol. The van der Waals surface area contributed by atoms with Gasteiger partial charge in [-0.05, 0) is 51.4 Å². The third-order valence-corrected chi connectivity index (χ3v) is 8.89. The highest BCUT2D eigenvalue weighted by Crippen LogP contribution is 2.15. The van der Waals surface area contributed by atoms with Crippen LogP contribution in [0.2, 0.25) is 0 Å². The lowest BCUT2D eigenvalue weighted by molar-refractivity contribution is -0.161. The Kier molecular flexibility index (Phi) is 38.5. The van der Waals surface area contributed by atoms with E-state index >= 15 is 0 Å². The molecule has 0 bridgehead atoms. The van der Waals surface area contributed by atoms with Gasteiger partial charge in [0.25, 0.3) is 0 Å². The molecule has 0 amide bonds. The van der Waals surface area contributed by atoms with Gasteiger partial charge in [0.2, 0.25) is 0 Å². The highest BCUT2D eigenvalue weighted by molar-refractivity contribution is 5.70. The van der Waals surface area contributed by atoms with Crippen LogP contribution >= 0.6 is 0 Å². The van der Waals surface area contributed by atoms with Crippen molar-refractivity contribution < 1.29 is 24.2 Å². The van der Waals surface area contributed by atoms with E-state index in [-0.39, 0.29) is 25.2 Å². The van der Waals surface area contributed by atoms with Gasteiger partial charge in [-0.2, -0.15) is 0 Å². The van der Waals surface area contributed by atoms with Crippen LogP contribution in [-0.4, -0.2) is 36.4 Å². The Morgan fingerprint density at radius 3 is 1.33 bits per heavy atom. The molecule has 1 atom stereocenters. The molecule has 1 N–H and O–H groups in total. The smallest absolute Gasteiger partial charge is 0.306 e. The van der Waals surface area contributed by atoms with E-state index in [0.717, 1.165) is 77.0 Å². The lowest BCUT2D eigenvalue weighted by Crippen LogP contribution is -2.28. The first-order valence-corrected chi connectivity index (χ1v) is 20.7. The number of allylic oxidation sites excluding steroid dienone is 8. The van der Waals surface area contributed by atoms with Gasteiger partial charge in [0.1, 0.15) is 6.61 Å². The van der Waals surface area contributed by atoms with Crippen molar-refractivity contribution in [2.24, 2.45) is 0 Å². The third-order valence-electron chi connectivity index (χ3n) is 8.89. The molecule has 0 aromatic heterocycles. The van der Waals surface area contributed by atoms with Gasteiger partial charge in [-0.3, -0.25) is 9.59 Å². The predicted octanol–water partition coefficient (Wildman–Crippen LogP) is 13.0. The molecule has 0 aromatic carbocycles. The summed E-state index contributed by atoms with van der Waals surface area (Å²) in [6, 6.07) is 0. The Labute approximate surface area is 303 Å². The maximum absolute atomic E-state index is 12.2. The van der Waals surface area contributed by atoms with Crippen molar-refractivity contribution in [3.05, 3.63) is 48.6 Å². The van der Waals surface area contributed by atoms with Gasteiger partial charge < -0.3 is 14.6 Å². The minimum absolute atomic E-state index is 0.0744. The molecule has 0 rings (SSSR count). The fourth-order valence-electron chi connectivity index (χ4n) is 5.78. The molecule has 49 heavy (non-hydrogen) atoms. The summed E-state index contributed by atoms with van der Waals surface area (Å²) in [5.74, 6) is -0.614. The summed E-state index contributed by atoms with van der Waals surface area (Å²) in [5, 5.41) is 9.56. The number of rotatable bonds is 37. The lowest BCUT2D eigenvalue weighted by Gasteiger charge is -2.15. The molecule has 0 aromatic rings. The zero-order chi connectivity index (χ0) is 35.7. The molecule has 5 nitrogen and oxygen atoms in total. The maximum atomic E-state index is 12.2. The van der Waals surface area contributed by atoms with Crippen LogP contribution in [0.15, 0.2) is 48.6 Å². The molecule has 0 fully saturated rings. The van der Waals surface area contributed by atoms with Crippen molar-refractivity contribution in [3.8, 4) is 0 Å². The largest absolute Gasteiger partial charge is 0.462 e. The van der Waals surface area contributed by atoms with E-state index in [4.69, 9.17) is 9.47 Å². The third kappa shape index (κ3) is 38.5. The SMILES string of the molecule is CC/C=C\C/C=C\C/C=C\C/C=C\CCCCCCC(=O)OC(CO)COC(=O)CCCCCCCCCCCCCCCCCCCC. The van der Waals surface area contributed by atoms with E-state index < -0.39 is 6.10 Å². The van der Waals surface area contributed by atoms with Crippen LogP contribution in [-0.2, 0) is 19.1 Å². The first-order chi connectivity index (χ1) is 24.1. The lowest BCUT2D eigenvalue weighted by atomic mass is 10.0. The zero-order valence-electron chi connectivity index (χ0n) is 32.2. The van der Waals surface area contributed by atoms with Gasteiger partial charge in [0.15, 0.2) is 6.10 Å². The number of hydrogen-bond donors (Lipinski definition) is 1. The number of unbranched alkanes of at least 4 members (excludes halogenated alkanes) is 21. The van der Waals surface area contributed by atoms with Crippen molar-refractivity contribution in [2.45, 2.75) is 206 Å². The Morgan fingerprint density at radius 1 is 0.490 bits per heavy atom. The molecule has 0 spiro atoms. The second kappa shape index (κ2) is 40.3. The van der Waals surface area contributed by atoms with E-state index in [1.165, 1.54) is 96.3 Å². The van der Waals surface area contributed by atoms with Crippen molar-refractivity contribution in [1.82, 2.24) is 0 Å². The average Bonchev–Trinajstić information content (AvgIpc) is 3.10. The Bertz CT molecular complexity index is 827. The van der Waals surface area contributed by atoms with Crippen LogP contribution in [0.25, 0.3) is 0 Å². The Balaban J connectivity index is 3.57. The van der Waals surface area contributed by atoms with E-state index in [1.807, 2.05) is 0 Å². The second-order valence-corrected chi connectivity index (χ2v) is 13.7. The minimum atomic E-state index is -0.782. The molecule has 284 valence electrons. The summed E-state index contributed by atoms with van der Waals surface area (Å²) in [7, 11) is 0. The van der Waals surface area contributed by atoms with Gasteiger partial charge in [-0.15, -0.1) is 0 Å². The van der Waals surface area contributed by atoms with E-state index in [9.17, 15) is 14.7 Å². The maximum Gasteiger partial charge on any atom is 0.306 e. The van der Waals surface area contributed by atoms with E-state index in [1.54, 1.807) is 0 Å². The van der Waals surface area contributed by atoms with E-state index in [0.29, 0.717) is 12.8 Å². The van der Waals surface area contributed by atoms with E-state index in [2.05, 4.69) is 62.5 Å². The van der Waals surface area contributed by atoms with Gasteiger partial charge in [-0.1, -0.05) is 184 Å². The van der Waals surface area contributed by atoms with Gasteiger partial charge in [0, 0.05) is 12.8 Å². The first kappa shape index (κ1) is 46.9. The summed E-state index contributed by atoms with van der Waals surface area (Å²) in [6.07, 6.45) is 50.3. The number of hydrogen-bond acceptors (Lipinski definition) is 5. The highest BCUT2D eigenvalue weighted by atomic mass is 16.6. The molecule has 0 heterocycles. The van der Waals surface area contributed by atoms with Crippen LogP contribution in [0.4, 0.5) is 0 Å². The van der Waals surface area contributed by atoms with Crippen LogP contribution in [0, 0.1) is 0 Å². The number of ether oxygens (including phenoxy) is 2. The normalized spacial score (nSPS) is 12.6. The first-order valence-electron chi connectivity index (χ1n) is 20.7. The molecule has 1 unspecified atom stereocenters. The fourth-order valence-corrected chi connectivity index (χ4v) is 5.78. The zero-order valence-corrected chi connectivity index (χ0v) is 32.2. The number of carbonyl (C=O) groups excluding carboxylic acids is 2. The summed E-state index contributed by atoms with van der Waals surface area (Å²) in [4.78, 5) is 24.3. The summed E-state index contributed by atoms with van der Waals surface area (Å²) in [6.45, 7) is 4.01. The molecule has 0 saturated heterocycles. The van der Waals surface area contributed by atoms with Crippen molar-refractivity contribution >= 4 is 11.9 Å². The summed E-state index contributed by atoms with van der Waals surface area (Å²) in [5.41, 5.74) is 0. The quantitative estimate of drug-likeness (QED) is 0.0400. The monoisotopic (exact) mass is 687 g/mol. The molecular weight excluding hydrogens is 608 g/mol. The van der Waals surface area contributed by atoms with Crippen LogP contribution in [0.5, 0.6) is 0 Å². The molecule has 5 heteroatoms. The Hall–Kier alpha value is -2.14. The topological polar surface area (TPSA) is 72.8 Å². The highest BCUT2D eigenvalue weighted by Gasteiger charge is 2.16. The standard InChI is InChI=1S/C44H78O5/c1-3-5-7-9-11-13-15-17-19-21-23-24-26-28-30-32-34-36-38-43(46)48-41-42(40-45)49-44(47)39-37-35-33-31-29-27-25-22-20-18-16-14-12-10-8-6-4-2/h6,8,12,14,18,20,25,27,42,45H,3-5,7,9-11,13,15-17,19,21-24,26,28-41H2,1-2H3/b8-6-,14-12-,20-18-,27-25-. The molecule has 0 radical (unpaired) electrons. The van der Waals surface area contributed by atoms with Gasteiger partial charge >= 0.3 is 11.9 Å². The van der Waals surface area contributed by atoms with Crippen LogP contribution < -0.4 is 0 Å². The van der Waals surface area contributed by atoms with Crippen molar-refractivity contribution in [2.75, 3.05) is 13.2 Å². The molecule has 0 aliphatic heterocycles. The number of esters is 2. The van der Waals surface area contributed by atoms with Gasteiger partial charge in [0.05, 0.1) is 6.61 Å². The number of aliphatic hydroxyl groups excluding tert-OH is 1. The van der Waals surface area contributed by atoms with Crippen molar-refractivity contribution in [1.29, 1.82) is 0 Å². The van der Waals surface area contributed by atoms with Crippen molar-refractivity contribution in [3.63, 3.8) is 0 Å². The number of aliphatic hydroxyl groups is 1. The average molecular weight is 687 g/mol. The minimum Gasteiger partial charge on any atom is -0.462 e. The van der Waals surface area contributed by atoms with Crippen LogP contribution in [0.1, 0.15) is 200 Å².